The summed E-state index contributed by atoms with van der Waals surface area (Å²) in [6, 6.07) is 25.1. The van der Waals surface area contributed by atoms with Gasteiger partial charge in [-0.3, -0.25) is 14.9 Å². The van der Waals surface area contributed by atoms with E-state index in [2.05, 4.69) is 33.1 Å². The van der Waals surface area contributed by atoms with Crippen LogP contribution in [0.4, 0.5) is 5.69 Å². The van der Waals surface area contributed by atoms with E-state index < -0.39 is 0 Å². The van der Waals surface area contributed by atoms with Crippen molar-refractivity contribution in [2.75, 3.05) is 26.2 Å². The summed E-state index contributed by atoms with van der Waals surface area (Å²) in [5, 5.41) is 15.6. The van der Waals surface area contributed by atoms with E-state index in [1.165, 1.54) is 19.3 Å². The topological polar surface area (TPSA) is 80.4 Å². The fourth-order valence-electron chi connectivity index (χ4n) is 5.50. The van der Waals surface area contributed by atoms with Gasteiger partial charge in [0.05, 0.1) is 4.92 Å². The number of fused-ring (bicyclic) bond motifs is 1. The van der Waals surface area contributed by atoms with Crippen LogP contribution >= 0.6 is 0 Å². The summed E-state index contributed by atoms with van der Waals surface area (Å²) in [5.74, 6) is -0.238. The molecule has 4 aromatic rings. The number of piperidine rings is 1. The number of likely N-dealkylation sites (tertiary alicyclic amines) is 1. The number of amides is 1. The third-order valence-electron chi connectivity index (χ3n) is 7.47. The van der Waals surface area contributed by atoms with Gasteiger partial charge in [-0.15, -0.1) is 0 Å². The number of rotatable bonds is 10. The summed E-state index contributed by atoms with van der Waals surface area (Å²) < 4.78 is 2.13. The maximum atomic E-state index is 13.2. The zero-order valence-electron chi connectivity index (χ0n) is 21.6. The van der Waals surface area contributed by atoms with Crippen LogP contribution in [-0.4, -0.2) is 46.5 Å². The highest BCUT2D eigenvalue weighted by atomic mass is 16.6. The van der Waals surface area contributed by atoms with Gasteiger partial charge in [-0.1, -0.05) is 67.1 Å². The van der Waals surface area contributed by atoms with E-state index >= 15 is 0 Å². The molecule has 196 valence electrons. The molecule has 5 rings (SSSR count). The minimum Gasteiger partial charge on any atom is -0.355 e. The fourth-order valence-corrected chi connectivity index (χ4v) is 5.50. The molecule has 0 saturated carbocycles. The molecule has 0 aliphatic carbocycles. The number of nitro groups is 1. The molecule has 1 atom stereocenters. The molecule has 7 heteroatoms. The van der Waals surface area contributed by atoms with Gasteiger partial charge in [-0.2, -0.15) is 0 Å². The Hall–Kier alpha value is -3.97. The van der Waals surface area contributed by atoms with E-state index in [0.717, 1.165) is 47.2 Å². The van der Waals surface area contributed by atoms with E-state index in [-0.39, 0.29) is 28.9 Å². The van der Waals surface area contributed by atoms with Crippen LogP contribution in [0.5, 0.6) is 0 Å². The second kappa shape index (κ2) is 12.0. The molecule has 2 heterocycles. The number of carbonyl (C=O) groups is 1. The largest absolute Gasteiger partial charge is 0.355 e. The van der Waals surface area contributed by atoms with E-state index in [0.29, 0.717) is 13.1 Å². The van der Waals surface area contributed by atoms with E-state index in [4.69, 9.17) is 0 Å². The first-order chi connectivity index (χ1) is 18.6. The van der Waals surface area contributed by atoms with Crippen LogP contribution in [0.3, 0.4) is 0 Å². The summed E-state index contributed by atoms with van der Waals surface area (Å²) in [5.41, 5.74) is 4.05. The number of non-ortho nitro benzene ring substituents is 1. The van der Waals surface area contributed by atoms with Crippen molar-refractivity contribution in [1.82, 2.24) is 14.8 Å². The molecule has 0 bridgehead atoms. The lowest BCUT2D eigenvalue weighted by Gasteiger charge is -2.26. The minimum absolute atomic E-state index is 0.00903. The Morgan fingerprint density at radius 2 is 1.66 bits per heavy atom. The molecule has 0 radical (unpaired) electrons. The molecular formula is C31H34N4O3. The molecule has 1 aliphatic heterocycles. The molecule has 1 amide bonds. The van der Waals surface area contributed by atoms with Crippen LogP contribution in [0.1, 0.15) is 48.3 Å². The summed E-state index contributed by atoms with van der Waals surface area (Å²) >= 11 is 0. The molecule has 1 saturated heterocycles. The highest BCUT2D eigenvalue weighted by Crippen LogP contribution is 2.36. The van der Waals surface area contributed by atoms with Gasteiger partial charge in [0.15, 0.2) is 0 Å². The Kier molecular flexibility index (Phi) is 8.14. The van der Waals surface area contributed by atoms with Gasteiger partial charge in [0, 0.05) is 61.2 Å². The van der Waals surface area contributed by atoms with E-state index in [9.17, 15) is 14.9 Å². The number of aromatic nitrogens is 1. The van der Waals surface area contributed by atoms with Crippen molar-refractivity contribution in [1.29, 1.82) is 0 Å². The highest BCUT2D eigenvalue weighted by molar-refractivity contribution is 5.88. The first-order valence-electron chi connectivity index (χ1n) is 13.4. The third-order valence-corrected chi connectivity index (χ3v) is 7.47. The lowest BCUT2D eigenvalue weighted by molar-refractivity contribution is -0.384. The Morgan fingerprint density at radius 3 is 2.37 bits per heavy atom. The zero-order valence-corrected chi connectivity index (χ0v) is 21.6. The van der Waals surface area contributed by atoms with Crippen molar-refractivity contribution in [2.45, 2.75) is 38.1 Å². The van der Waals surface area contributed by atoms with Crippen LogP contribution in [0.2, 0.25) is 0 Å². The summed E-state index contributed by atoms with van der Waals surface area (Å²) in [6.45, 7) is 4.33. The Labute approximate surface area is 223 Å². The van der Waals surface area contributed by atoms with Crippen molar-refractivity contribution < 1.29 is 9.72 Å². The number of benzene rings is 3. The Balaban J connectivity index is 1.46. The Bertz CT molecular complexity index is 1380. The summed E-state index contributed by atoms with van der Waals surface area (Å²) in [4.78, 5) is 26.9. The molecule has 0 unspecified atom stereocenters. The predicted molar refractivity (Wildman–Crippen MR) is 150 cm³/mol. The van der Waals surface area contributed by atoms with Crippen molar-refractivity contribution in [2.24, 2.45) is 0 Å². The molecular weight excluding hydrogens is 476 g/mol. The second-order valence-corrected chi connectivity index (χ2v) is 10.1. The minimum atomic E-state index is -0.359. The predicted octanol–water partition coefficient (Wildman–Crippen LogP) is 5.72. The zero-order chi connectivity index (χ0) is 26.3. The number of carbonyl (C=O) groups excluding carboxylic acids is 1. The van der Waals surface area contributed by atoms with Gasteiger partial charge in [-0.25, -0.2) is 0 Å². The normalized spacial score (nSPS) is 14.8. The van der Waals surface area contributed by atoms with Gasteiger partial charge >= 0.3 is 0 Å². The van der Waals surface area contributed by atoms with Crippen LogP contribution in [0.15, 0.2) is 85.1 Å². The van der Waals surface area contributed by atoms with Crippen LogP contribution in [-0.2, 0) is 11.3 Å². The summed E-state index contributed by atoms with van der Waals surface area (Å²) in [7, 11) is 0. The number of nitro benzene ring substituents is 1. The van der Waals surface area contributed by atoms with Gasteiger partial charge in [0.2, 0.25) is 5.91 Å². The van der Waals surface area contributed by atoms with E-state index in [1.807, 2.05) is 54.6 Å². The number of hydrogen-bond acceptors (Lipinski definition) is 4. The smallest absolute Gasteiger partial charge is 0.270 e. The van der Waals surface area contributed by atoms with Crippen molar-refractivity contribution >= 4 is 22.5 Å². The molecule has 3 aromatic carbocycles. The van der Waals surface area contributed by atoms with E-state index in [1.54, 1.807) is 12.1 Å². The van der Waals surface area contributed by atoms with Crippen LogP contribution in [0.25, 0.3) is 10.9 Å². The second-order valence-electron chi connectivity index (χ2n) is 10.1. The SMILES string of the molecule is O=C(C[C@@H](c1ccccc1)c1cn(Cc2ccccc2)c2ccc([N+](=O)[O-])cc12)NCCN1CCCCC1. The number of nitrogens with zero attached hydrogens (tertiary/aromatic N) is 3. The standard InChI is InChI=1S/C31H34N4O3/c36-31(32-16-19-33-17-8-3-9-18-33)21-27(25-12-6-2-7-13-25)29-23-34(22-24-10-4-1-5-11-24)30-15-14-26(35(37)38)20-28(29)30/h1-2,4-7,10-15,20,23,27H,3,8-9,16-19,21-22H2,(H,32,36)/t27-/m0/s1. The molecule has 1 aromatic heterocycles. The van der Waals surface area contributed by atoms with Gasteiger partial charge in [-0.05, 0) is 48.7 Å². The summed E-state index contributed by atoms with van der Waals surface area (Å²) in [6.07, 6.45) is 6.08. The van der Waals surface area contributed by atoms with Crippen molar-refractivity contribution in [3.05, 3.63) is 112 Å². The third kappa shape index (κ3) is 6.11. The van der Waals surface area contributed by atoms with Gasteiger partial charge in [0.1, 0.15) is 0 Å². The van der Waals surface area contributed by atoms with Crippen LogP contribution < -0.4 is 5.32 Å². The molecule has 7 nitrogen and oxygen atoms in total. The maximum absolute atomic E-state index is 13.2. The molecule has 1 fully saturated rings. The lowest BCUT2D eigenvalue weighted by Crippen LogP contribution is -2.38. The van der Waals surface area contributed by atoms with Gasteiger partial charge in [0.25, 0.3) is 5.69 Å². The molecule has 38 heavy (non-hydrogen) atoms. The highest BCUT2D eigenvalue weighted by Gasteiger charge is 2.24. The van der Waals surface area contributed by atoms with Crippen molar-refractivity contribution in [3.63, 3.8) is 0 Å². The number of nitrogens with one attached hydrogen (secondary N) is 1. The van der Waals surface area contributed by atoms with Crippen molar-refractivity contribution in [3.8, 4) is 0 Å². The molecule has 1 aliphatic rings. The van der Waals surface area contributed by atoms with Gasteiger partial charge < -0.3 is 14.8 Å². The molecule has 0 spiro atoms. The Morgan fingerprint density at radius 1 is 0.947 bits per heavy atom. The van der Waals surface area contributed by atoms with Crippen LogP contribution in [0, 0.1) is 10.1 Å². The quantitative estimate of drug-likeness (QED) is 0.219. The molecule has 1 N–H and O–H groups in total. The monoisotopic (exact) mass is 510 g/mol. The fraction of sp³-hybridized carbons (Fsp3) is 0.323. The average molecular weight is 511 g/mol. The first kappa shape index (κ1) is 25.7. The first-order valence-corrected chi connectivity index (χ1v) is 13.4. The maximum Gasteiger partial charge on any atom is 0.270 e. The average Bonchev–Trinajstić information content (AvgIpc) is 3.30. The number of hydrogen-bond donors (Lipinski definition) is 1. The lowest BCUT2D eigenvalue weighted by atomic mass is 9.88.